The molecule has 0 amide bonds. The molecule has 1 aromatic carbocycles. The van der Waals surface area contributed by atoms with E-state index in [1.54, 1.807) is 18.2 Å². The molecule has 0 saturated heterocycles. The minimum absolute atomic E-state index is 0.0343. The first kappa shape index (κ1) is 18.8. The van der Waals surface area contributed by atoms with E-state index in [0.29, 0.717) is 11.1 Å². The van der Waals surface area contributed by atoms with Crippen molar-refractivity contribution in [2.45, 2.75) is 20.0 Å². The van der Waals surface area contributed by atoms with Crippen LogP contribution in [0.25, 0.3) is 0 Å². The fraction of sp³-hybridized carbons (Fsp3) is 0.167. The van der Waals surface area contributed by atoms with Gasteiger partial charge in [0.25, 0.3) is 11.1 Å². The molecule has 0 unspecified atom stereocenters. The molecule has 10 nitrogen and oxygen atoms in total. The van der Waals surface area contributed by atoms with Crippen LogP contribution in [0.4, 0.5) is 0 Å². The summed E-state index contributed by atoms with van der Waals surface area (Å²) in [5.41, 5.74) is -1.26. The number of nitrogens with one attached hydrogen (secondary N) is 2. The number of benzene rings is 1. The van der Waals surface area contributed by atoms with E-state index < -0.39 is 28.5 Å². The van der Waals surface area contributed by atoms with Crippen molar-refractivity contribution in [3.63, 3.8) is 0 Å². The number of ether oxygens (including phenoxy) is 1. The summed E-state index contributed by atoms with van der Waals surface area (Å²) >= 11 is 0. The first-order valence-electron chi connectivity index (χ1n) is 8.22. The second kappa shape index (κ2) is 7.74. The molecular formula is C18H16N4O6. The lowest BCUT2D eigenvalue weighted by atomic mass is 10.1. The quantitative estimate of drug-likeness (QED) is 0.446. The number of hydrogen-bond donors (Lipinski definition) is 2. The molecule has 0 radical (unpaired) electrons. The van der Waals surface area contributed by atoms with Crippen molar-refractivity contribution in [3.8, 4) is 5.75 Å². The number of hydrogen-bond acceptors (Lipinski definition) is 6. The normalized spacial score (nSPS) is 10.6. The molecule has 2 heterocycles. The fourth-order valence-corrected chi connectivity index (χ4v) is 2.67. The predicted octanol–water partition coefficient (Wildman–Crippen LogP) is -0.591. The predicted molar refractivity (Wildman–Crippen MR) is 98.6 cm³/mol. The average Bonchev–Trinajstić information content (AvgIpc) is 2.61. The summed E-state index contributed by atoms with van der Waals surface area (Å²) < 4.78 is 7.83. The molecule has 0 fully saturated rings. The first-order valence-corrected chi connectivity index (χ1v) is 8.22. The molecule has 28 heavy (non-hydrogen) atoms. The van der Waals surface area contributed by atoms with Gasteiger partial charge in [0.15, 0.2) is 0 Å². The topological polar surface area (TPSA) is 136 Å². The Morgan fingerprint density at radius 3 is 1.71 bits per heavy atom. The van der Waals surface area contributed by atoms with Gasteiger partial charge < -0.3 is 4.74 Å². The minimum Gasteiger partial charge on any atom is -0.426 e. The number of esters is 1. The van der Waals surface area contributed by atoms with Gasteiger partial charge >= 0.3 is 17.3 Å². The van der Waals surface area contributed by atoms with Gasteiger partial charge in [-0.15, -0.1) is 0 Å². The Bertz CT molecular complexity index is 1180. The summed E-state index contributed by atoms with van der Waals surface area (Å²) in [5.74, 6) is -0.373. The van der Waals surface area contributed by atoms with E-state index in [-0.39, 0.29) is 18.8 Å². The van der Waals surface area contributed by atoms with Crippen LogP contribution in [0.5, 0.6) is 5.75 Å². The summed E-state index contributed by atoms with van der Waals surface area (Å²) in [6.07, 6.45) is 2.66. The van der Waals surface area contributed by atoms with Gasteiger partial charge in [-0.2, -0.15) is 0 Å². The number of aromatic nitrogens is 4. The SMILES string of the molecule is CC(=O)Oc1c(Cn2ccc(=O)[nH]c2=O)cccc1Cn1ccc(=O)[nH]c1=O. The van der Waals surface area contributed by atoms with Crippen molar-refractivity contribution in [3.05, 3.63) is 95.5 Å². The van der Waals surface area contributed by atoms with Crippen molar-refractivity contribution in [2.75, 3.05) is 0 Å². The molecule has 0 aliphatic rings. The van der Waals surface area contributed by atoms with Crippen molar-refractivity contribution in [2.24, 2.45) is 0 Å². The molecule has 0 saturated carbocycles. The van der Waals surface area contributed by atoms with Crippen molar-refractivity contribution < 1.29 is 9.53 Å². The van der Waals surface area contributed by atoms with Crippen LogP contribution in [0.3, 0.4) is 0 Å². The maximum atomic E-state index is 12.0. The Hall–Kier alpha value is -3.95. The summed E-state index contributed by atoms with van der Waals surface area (Å²) in [7, 11) is 0. The number of carbonyl (C=O) groups is 1. The number of rotatable bonds is 5. The molecule has 0 spiro atoms. The second-order valence-corrected chi connectivity index (χ2v) is 5.98. The third-order valence-corrected chi connectivity index (χ3v) is 3.90. The highest BCUT2D eigenvalue weighted by atomic mass is 16.5. The lowest BCUT2D eigenvalue weighted by molar-refractivity contribution is -0.132. The molecule has 0 atom stereocenters. The molecule has 0 aliphatic carbocycles. The van der Waals surface area contributed by atoms with Crippen molar-refractivity contribution in [1.82, 2.24) is 19.1 Å². The highest BCUT2D eigenvalue weighted by Gasteiger charge is 2.14. The zero-order chi connectivity index (χ0) is 20.3. The number of carbonyl (C=O) groups excluding carboxylic acids is 1. The molecule has 0 aliphatic heterocycles. The summed E-state index contributed by atoms with van der Waals surface area (Å²) in [6.45, 7) is 1.30. The van der Waals surface area contributed by atoms with Gasteiger partial charge in [-0.25, -0.2) is 9.59 Å². The van der Waals surface area contributed by atoms with E-state index in [0.717, 1.165) is 0 Å². The van der Waals surface area contributed by atoms with Crippen LogP contribution in [0, 0.1) is 0 Å². The van der Waals surface area contributed by atoms with Gasteiger partial charge in [0.1, 0.15) is 5.75 Å². The third kappa shape index (κ3) is 4.23. The number of H-pyrrole nitrogens is 2. The highest BCUT2D eigenvalue weighted by molar-refractivity contribution is 5.70. The fourth-order valence-electron chi connectivity index (χ4n) is 2.67. The Labute approximate surface area is 156 Å². The van der Waals surface area contributed by atoms with Crippen LogP contribution in [-0.4, -0.2) is 25.1 Å². The van der Waals surface area contributed by atoms with Crippen LogP contribution in [0.15, 0.2) is 61.9 Å². The average molecular weight is 384 g/mol. The van der Waals surface area contributed by atoms with Crippen LogP contribution in [0.2, 0.25) is 0 Å². The smallest absolute Gasteiger partial charge is 0.328 e. The standard InChI is InChI=1S/C18H16N4O6/c1-11(23)28-16-12(9-21-7-5-14(24)19-17(21)26)3-2-4-13(16)10-22-8-6-15(25)20-18(22)27/h2-8H,9-10H2,1H3,(H,19,24,26)(H,20,25,27). The van der Waals surface area contributed by atoms with E-state index in [9.17, 15) is 24.0 Å². The zero-order valence-corrected chi connectivity index (χ0v) is 14.8. The molecule has 10 heteroatoms. The van der Waals surface area contributed by atoms with Crippen LogP contribution >= 0.6 is 0 Å². The van der Waals surface area contributed by atoms with Gasteiger partial charge in [0, 0.05) is 42.6 Å². The molecule has 2 N–H and O–H groups in total. The maximum absolute atomic E-state index is 12.0. The van der Waals surface area contributed by atoms with Crippen molar-refractivity contribution in [1.29, 1.82) is 0 Å². The van der Waals surface area contributed by atoms with Gasteiger partial charge in [-0.3, -0.25) is 33.5 Å². The van der Waals surface area contributed by atoms with E-state index in [1.165, 1.54) is 40.6 Å². The van der Waals surface area contributed by atoms with E-state index >= 15 is 0 Å². The zero-order valence-electron chi connectivity index (χ0n) is 14.8. The minimum atomic E-state index is -0.608. The Balaban J connectivity index is 2.05. The maximum Gasteiger partial charge on any atom is 0.328 e. The Morgan fingerprint density at radius 1 is 0.857 bits per heavy atom. The van der Waals surface area contributed by atoms with Crippen LogP contribution < -0.4 is 27.2 Å². The summed E-state index contributed by atoms with van der Waals surface area (Å²) in [4.78, 5) is 62.2. The van der Waals surface area contributed by atoms with Crippen LogP contribution in [0.1, 0.15) is 18.1 Å². The molecule has 0 bridgehead atoms. The summed E-state index contributed by atoms with van der Waals surface area (Å²) in [5, 5.41) is 0. The van der Waals surface area contributed by atoms with E-state index in [4.69, 9.17) is 4.74 Å². The molecule has 144 valence electrons. The van der Waals surface area contributed by atoms with Gasteiger partial charge in [-0.1, -0.05) is 18.2 Å². The first-order chi connectivity index (χ1) is 13.3. The third-order valence-electron chi connectivity index (χ3n) is 3.90. The van der Waals surface area contributed by atoms with Gasteiger partial charge in [0.2, 0.25) is 0 Å². The molecule has 3 rings (SSSR count). The molecule has 2 aromatic heterocycles. The number of aromatic amines is 2. The monoisotopic (exact) mass is 384 g/mol. The van der Waals surface area contributed by atoms with Gasteiger partial charge in [-0.05, 0) is 0 Å². The largest absolute Gasteiger partial charge is 0.426 e. The lowest BCUT2D eigenvalue weighted by Gasteiger charge is -2.15. The highest BCUT2D eigenvalue weighted by Crippen LogP contribution is 2.25. The molecule has 3 aromatic rings. The summed E-state index contributed by atoms with van der Waals surface area (Å²) in [6, 6.07) is 7.42. The van der Waals surface area contributed by atoms with Crippen LogP contribution in [-0.2, 0) is 17.9 Å². The van der Waals surface area contributed by atoms with Crippen molar-refractivity contribution >= 4 is 5.97 Å². The Kier molecular flexibility index (Phi) is 5.21. The lowest BCUT2D eigenvalue weighted by Crippen LogP contribution is -2.30. The van der Waals surface area contributed by atoms with Gasteiger partial charge in [0.05, 0.1) is 13.1 Å². The van der Waals surface area contributed by atoms with E-state index in [2.05, 4.69) is 9.97 Å². The Morgan fingerprint density at radius 2 is 1.32 bits per heavy atom. The van der Waals surface area contributed by atoms with E-state index in [1.807, 2.05) is 0 Å². The number of nitrogens with zero attached hydrogens (tertiary/aromatic N) is 2. The number of para-hydroxylation sites is 1. The molecular weight excluding hydrogens is 368 g/mol. The second-order valence-electron chi connectivity index (χ2n) is 5.98.